The molecule has 2 atom stereocenters. The van der Waals surface area contributed by atoms with E-state index in [2.05, 4.69) is 18.7 Å². The first kappa shape index (κ1) is 12.4. The highest BCUT2D eigenvalue weighted by Crippen LogP contribution is 2.39. The fraction of sp³-hybridized carbons (Fsp3) is 1.00. The van der Waals surface area contributed by atoms with Gasteiger partial charge in [-0.2, -0.15) is 0 Å². The van der Waals surface area contributed by atoms with E-state index in [4.69, 9.17) is 0 Å². The zero-order valence-corrected chi connectivity index (χ0v) is 10.9. The minimum Gasteiger partial charge on any atom is -0.388 e. The van der Waals surface area contributed by atoms with Gasteiger partial charge in [-0.15, -0.1) is 0 Å². The molecule has 1 saturated heterocycles. The first-order valence-electron chi connectivity index (χ1n) is 7.13. The molecule has 94 valence electrons. The van der Waals surface area contributed by atoms with Crippen molar-refractivity contribution in [1.82, 2.24) is 4.90 Å². The number of likely N-dealkylation sites (tertiary alicyclic amines) is 1. The van der Waals surface area contributed by atoms with Gasteiger partial charge in [0.25, 0.3) is 0 Å². The Bertz CT molecular complexity index is 227. The summed E-state index contributed by atoms with van der Waals surface area (Å²) in [5, 5.41) is 10.6. The van der Waals surface area contributed by atoms with Crippen LogP contribution in [0.25, 0.3) is 0 Å². The maximum absolute atomic E-state index is 10.6. The molecule has 0 bridgehead atoms. The van der Waals surface area contributed by atoms with Gasteiger partial charge >= 0.3 is 0 Å². The molecule has 2 heteroatoms. The number of rotatable bonds is 6. The number of hydrogen-bond acceptors (Lipinski definition) is 2. The Hall–Kier alpha value is -0.0800. The van der Waals surface area contributed by atoms with Gasteiger partial charge in [-0.25, -0.2) is 0 Å². The van der Waals surface area contributed by atoms with Gasteiger partial charge in [-0.05, 0) is 32.6 Å². The van der Waals surface area contributed by atoms with Gasteiger partial charge in [0.2, 0.25) is 0 Å². The lowest BCUT2D eigenvalue weighted by atomic mass is 9.93. The van der Waals surface area contributed by atoms with Gasteiger partial charge in [-0.1, -0.05) is 32.6 Å². The molecule has 2 fully saturated rings. The molecule has 0 aromatic heterocycles. The van der Waals surface area contributed by atoms with Gasteiger partial charge in [0.05, 0.1) is 5.60 Å². The second-order valence-corrected chi connectivity index (χ2v) is 5.99. The second-order valence-electron chi connectivity index (χ2n) is 5.99. The molecule has 1 heterocycles. The molecule has 2 unspecified atom stereocenters. The molecule has 1 aliphatic heterocycles. The first-order valence-corrected chi connectivity index (χ1v) is 7.13. The highest BCUT2D eigenvalue weighted by Gasteiger charge is 2.45. The Morgan fingerprint density at radius 3 is 2.62 bits per heavy atom. The third kappa shape index (κ3) is 2.98. The Morgan fingerprint density at radius 1 is 1.25 bits per heavy atom. The lowest BCUT2D eigenvalue weighted by Gasteiger charge is -2.23. The predicted octanol–water partition coefficient (Wildman–Crippen LogP) is 2.94. The minimum absolute atomic E-state index is 0.365. The van der Waals surface area contributed by atoms with Crippen molar-refractivity contribution in [2.24, 2.45) is 0 Å². The van der Waals surface area contributed by atoms with Crippen molar-refractivity contribution in [1.29, 1.82) is 0 Å². The van der Waals surface area contributed by atoms with Crippen LogP contribution in [0.4, 0.5) is 0 Å². The molecule has 1 N–H and O–H groups in total. The van der Waals surface area contributed by atoms with Crippen LogP contribution in [-0.4, -0.2) is 34.2 Å². The molecule has 0 amide bonds. The van der Waals surface area contributed by atoms with E-state index in [1.807, 2.05) is 0 Å². The summed E-state index contributed by atoms with van der Waals surface area (Å²) in [5.74, 6) is 0. The van der Waals surface area contributed by atoms with Crippen LogP contribution in [0.1, 0.15) is 65.2 Å². The van der Waals surface area contributed by atoms with E-state index in [-0.39, 0.29) is 5.60 Å². The van der Waals surface area contributed by atoms with Crippen molar-refractivity contribution in [2.45, 2.75) is 82.9 Å². The van der Waals surface area contributed by atoms with E-state index in [0.717, 1.165) is 25.4 Å². The van der Waals surface area contributed by atoms with E-state index in [1.54, 1.807) is 0 Å². The fourth-order valence-corrected chi connectivity index (χ4v) is 3.18. The van der Waals surface area contributed by atoms with Gasteiger partial charge in [0.15, 0.2) is 0 Å². The van der Waals surface area contributed by atoms with Crippen LogP contribution >= 0.6 is 0 Å². The topological polar surface area (TPSA) is 23.5 Å². The third-order valence-corrected chi connectivity index (χ3v) is 4.23. The number of nitrogens with zero attached hydrogens (tertiary/aromatic N) is 1. The van der Waals surface area contributed by atoms with Crippen molar-refractivity contribution < 1.29 is 5.11 Å². The SMILES string of the molecule is CCCCCCC1(O)CC(C)N(C2CC2)C1. The monoisotopic (exact) mass is 225 g/mol. The van der Waals surface area contributed by atoms with E-state index < -0.39 is 0 Å². The molecule has 1 saturated carbocycles. The van der Waals surface area contributed by atoms with Crippen molar-refractivity contribution in [3.05, 3.63) is 0 Å². The maximum atomic E-state index is 10.6. The Kier molecular flexibility index (Phi) is 3.91. The molecular weight excluding hydrogens is 198 g/mol. The summed E-state index contributed by atoms with van der Waals surface area (Å²) < 4.78 is 0. The molecule has 1 aliphatic carbocycles. The summed E-state index contributed by atoms with van der Waals surface area (Å²) in [7, 11) is 0. The average molecular weight is 225 g/mol. The van der Waals surface area contributed by atoms with E-state index in [1.165, 1.54) is 38.5 Å². The van der Waals surface area contributed by atoms with Crippen LogP contribution in [0.2, 0.25) is 0 Å². The fourth-order valence-electron chi connectivity index (χ4n) is 3.18. The van der Waals surface area contributed by atoms with E-state index >= 15 is 0 Å². The molecule has 16 heavy (non-hydrogen) atoms. The van der Waals surface area contributed by atoms with E-state index in [0.29, 0.717) is 6.04 Å². The number of unbranched alkanes of at least 4 members (excludes halogenated alkanes) is 3. The number of aliphatic hydroxyl groups is 1. The highest BCUT2D eigenvalue weighted by atomic mass is 16.3. The lowest BCUT2D eigenvalue weighted by molar-refractivity contribution is 0.0371. The molecule has 2 aliphatic rings. The zero-order valence-electron chi connectivity index (χ0n) is 10.9. The van der Waals surface area contributed by atoms with Gasteiger partial charge in [0.1, 0.15) is 0 Å². The molecule has 2 rings (SSSR count). The summed E-state index contributed by atoms with van der Waals surface area (Å²) in [6.45, 7) is 5.45. The van der Waals surface area contributed by atoms with Crippen LogP contribution in [0.3, 0.4) is 0 Å². The van der Waals surface area contributed by atoms with Crippen LogP contribution in [0.15, 0.2) is 0 Å². The van der Waals surface area contributed by atoms with Crippen molar-refractivity contribution in [3.63, 3.8) is 0 Å². The summed E-state index contributed by atoms with van der Waals surface area (Å²) in [4.78, 5) is 2.54. The third-order valence-electron chi connectivity index (χ3n) is 4.23. The number of β-amino-alcohol motifs (C(OH)–C–C–N with tert-alkyl or cyclic N) is 1. The average Bonchev–Trinajstić information content (AvgIpc) is 3.01. The minimum atomic E-state index is -0.365. The zero-order chi connectivity index (χ0) is 11.6. The lowest BCUT2D eigenvalue weighted by Crippen LogP contribution is -2.34. The van der Waals surface area contributed by atoms with Gasteiger partial charge in [-0.3, -0.25) is 4.90 Å². The van der Waals surface area contributed by atoms with Gasteiger partial charge in [0, 0.05) is 18.6 Å². The Balaban J connectivity index is 1.75. The van der Waals surface area contributed by atoms with Crippen LogP contribution in [0, 0.1) is 0 Å². The molecule has 0 aromatic carbocycles. The summed E-state index contributed by atoms with van der Waals surface area (Å²) in [6, 6.07) is 1.41. The highest BCUT2D eigenvalue weighted by molar-refractivity contribution is 5.00. The summed E-state index contributed by atoms with van der Waals surface area (Å²) >= 11 is 0. The van der Waals surface area contributed by atoms with E-state index in [9.17, 15) is 5.11 Å². The van der Waals surface area contributed by atoms with Gasteiger partial charge < -0.3 is 5.11 Å². The Morgan fingerprint density at radius 2 is 2.00 bits per heavy atom. The molecule has 2 nitrogen and oxygen atoms in total. The van der Waals surface area contributed by atoms with Crippen LogP contribution < -0.4 is 0 Å². The summed E-state index contributed by atoms with van der Waals surface area (Å²) in [6.07, 6.45) is 9.82. The molecule has 0 spiro atoms. The quantitative estimate of drug-likeness (QED) is 0.703. The van der Waals surface area contributed by atoms with Crippen LogP contribution in [0.5, 0.6) is 0 Å². The number of hydrogen-bond donors (Lipinski definition) is 1. The second kappa shape index (κ2) is 5.05. The first-order chi connectivity index (χ1) is 7.64. The normalized spacial score (nSPS) is 35.8. The smallest absolute Gasteiger partial charge is 0.0789 e. The van der Waals surface area contributed by atoms with Crippen molar-refractivity contribution >= 4 is 0 Å². The largest absolute Gasteiger partial charge is 0.388 e. The standard InChI is InChI=1S/C14H27NO/c1-3-4-5-6-9-14(16)10-12(2)15(11-14)13-7-8-13/h12-13,16H,3-11H2,1-2H3. The maximum Gasteiger partial charge on any atom is 0.0789 e. The Labute approximate surface area is 100 Å². The van der Waals surface area contributed by atoms with Crippen molar-refractivity contribution in [2.75, 3.05) is 6.54 Å². The van der Waals surface area contributed by atoms with Crippen LogP contribution in [-0.2, 0) is 0 Å². The molecular formula is C14H27NO. The summed E-state index contributed by atoms with van der Waals surface area (Å²) in [5.41, 5.74) is -0.365. The predicted molar refractivity (Wildman–Crippen MR) is 67.5 cm³/mol. The molecule has 0 aromatic rings. The molecule has 0 radical (unpaired) electrons. The van der Waals surface area contributed by atoms with Crippen molar-refractivity contribution in [3.8, 4) is 0 Å².